The third-order valence-corrected chi connectivity index (χ3v) is 4.16. The first-order valence-corrected chi connectivity index (χ1v) is 7.50. The summed E-state index contributed by atoms with van der Waals surface area (Å²) < 4.78 is 14.6. The molecule has 0 radical (unpaired) electrons. The Morgan fingerprint density at radius 2 is 1.95 bits per heavy atom. The lowest BCUT2D eigenvalue weighted by atomic mass is 9.90. The van der Waals surface area contributed by atoms with Crippen LogP contribution in [0, 0.1) is 12.7 Å². The molecule has 0 spiro atoms. The molecule has 3 heteroatoms. The second kappa shape index (κ2) is 6.53. The van der Waals surface area contributed by atoms with E-state index < -0.39 is 0 Å². The fourth-order valence-electron chi connectivity index (χ4n) is 2.25. The first-order valence-electron chi connectivity index (χ1n) is 6.17. The molecule has 0 amide bonds. The first-order chi connectivity index (χ1) is 9.11. The van der Waals surface area contributed by atoms with E-state index in [1.807, 2.05) is 24.3 Å². The summed E-state index contributed by atoms with van der Waals surface area (Å²) in [6.45, 7) is 2.06. The van der Waals surface area contributed by atoms with Crippen LogP contribution >= 0.6 is 27.5 Å². The number of aryl methyl sites for hydroxylation is 1. The van der Waals surface area contributed by atoms with Crippen molar-refractivity contribution in [1.82, 2.24) is 0 Å². The summed E-state index contributed by atoms with van der Waals surface area (Å²) in [5, 5.41) is 0. The SMILES string of the molecule is Cc1ccccc1C(CCl)Cc1ccc(Br)cc1F. The molecule has 1 atom stereocenters. The van der Waals surface area contributed by atoms with Gasteiger partial charge >= 0.3 is 0 Å². The largest absolute Gasteiger partial charge is 0.207 e. The van der Waals surface area contributed by atoms with E-state index in [9.17, 15) is 4.39 Å². The summed E-state index contributed by atoms with van der Waals surface area (Å²) in [7, 11) is 0. The van der Waals surface area contributed by atoms with Gasteiger partial charge in [0.15, 0.2) is 0 Å². The molecule has 0 aliphatic carbocycles. The van der Waals surface area contributed by atoms with Gasteiger partial charge in [0.2, 0.25) is 0 Å². The zero-order chi connectivity index (χ0) is 13.8. The highest BCUT2D eigenvalue weighted by Crippen LogP contribution is 2.27. The van der Waals surface area contributed by atoms with Gasteiger partial charge in [-0.2, -0.15) is 0 Å². The number of halogens is 3. The van der Waals surface area contributed by atoms with Gasteiger partial charge in [-0.05, 0) is 42.2 Å². The maximum Gasteiger partial charge on any atom is 0.127 e. The molecule has 0 bridgehead atoms. The highest BCUT2D eigenvalue weighted by molar-refractivity contribution is 9.10. The van der Waals surface area contributed by atoms with Crippen LogP contribution in [-0.4, -0.2) is 5.88 Å². The van der Waals surface area contributed by atoms with Gasteiger partial charge in [0.05, 0.1) is 0 Å². The molecule has 0 aliphatic heterocycles. The van der Waals surface area contributed by atoms with E-state index >= 15 is 0 Å². The Labute approximate surface area is 126 Å². The Kier molecular flexibility index (Phi) is 5.00. The molecule has 0 saturated carbocycles. The summed E-state index contributed by atoms with van der Waals surface area (Å²) in [5.74, 6) is 0.442. The smallest absolute Gasteiger partial charge is 0.127 e. The molecule has 0 aromatic heterocycles. The summed E-state index contributed by atoms with van der Waals surface area (Å²) in [4.78, 5) is 0. The van der Waals surface area contributed by atoms with E-state index in [1.165, 1.54) is 17.2 Å². The molecule has 0 aliphatic rings. The number of alkyl halides is 1. The van der Waals surface area contributed by atoms with E-state index in [1.54, 1.807) is 0 Å². The molecule has 0 fully saturated rings. The van der Waals surface area contributed by atoms with Crippen LogP contribution in [0.5, 0.6) is 0 Å². The van der Waals surface area contributed by atoms with Crippen LogP contribution in [0.4, 0.5) is 4.39 Å². The van der Waals surface area contributed by atoms with Crippen LogP contribution in [0.25, 0.3) is 0 Å². The predicted octanol–water partition coefficient (Wildman–Crippen LogP) is 5.46. The second-order valence-corrected chi connectivity index (χ2v) is 5.87. The third-order valence-electron chi connectivity index (χ3n) is 3.30. The van der Waals surface area contributed by atoms with Crippen molar-refractivity contribution in [2.24, 2.45) is 0 Å². The zero-order valence-corrected chi connectivity index (χ0v) is 13.0. The third kappa shape index (κ3) is 3.58. The Bertz CT molecular complexity index is 568. The summed E-state index contributed by atoms with van der Waals surface area (Å²) in [6, 6.07) is 13.3. The standard InChI is InChI=1S/C16H15BrClF/c1-11-4-2-3-5-15(11)13(10-18)8-12-6-7-14(17)9-16(12)19/h2-7,9,13H,8,10H2,1H3. The highest BCUT2D eigenvalue weighted by atomic mass is 79.9. The van der Waals surface area contributed by atoms with Crippen LogP contribution in [0.2, 0.25) is 0 Å². The van der Waals surface area contributed by atoms with Crippen LogP contribution in [0.3, 0.4) is 0 Å². The highest BCUT2D eigenvalue weighted by Gasteiger charge is 2.15. The fraction of sp³-hybridized carbons (Fsp3) is 0.250. The summed E-state index contributed by atoms with van der Waals surface area (Å²) in [6.07, 6.45) is 0.619. The topological polar surface area (TPSA) is 0 Å². The average Bonchev–Trinajstić information content (AvgIpc) is 2.39. The van der Waals surface area contributed by atoms with Crippen molar-refractivity contribution in [3.05, 3.63) is 69.4 Å². The molecule has 100 valence electrons. The van der Waals surface area contributed by atoms with Gasteiger partial charge in [-0.15, -0.1) is 11.6 Å². The minimum atomic E-state index is -0.182. The van der Waals surface area contributed by atoms with E-state index in [-0.39, 0.29) is 11.7 Å². The van der Waals surface area contributed by atoms with Gasteiger partial charge in [0.25, 0.3) is 0 Å². The van der Waals surface area contributed by atoms with Crippen molar-refractivity contribution in [3.8, 4) is 0 Å². The van der Waals surface area contributed by atoms with Gasteiger partial charge < -0.3 is 0 Å². The Morgan fingerprint density at radius 1 is 1.21 bits per heavy atom. The Balaban J connectivity index is 2.27. The minimum absolute atomic E-state index is 0.138. The van der Waals surface area contributed by atoms with Crippen molar-refractivity contribution in [3.63, 3.8) is 0 Å². The minimum Gasteiger partial charge on any atom is -0.207 e. The fourth-order valence-corrected chi connectivity index (χ4v) is 2.85. The monoisotopic (exact) mass is 340 g/mol. The number of rotatable bonds is 4. The lowest BCUT2D eigenvalue weighted by molar-refractivity contribution is 0.597. The van der Waals surface area contributed by atoms with Crippen molar-refractivity contribution in [2.75, 3.05) is 5.88 Å². The lowest BCUT2D eigenvalue weighted by Crippen LogP contribution is -2.07. The maximum absolute atomic E-state index is 13.9. The van der Waals surface area contributed by atoms with Crippen LogP contribution in [0.15, 0.2) is 46.9 Å². The number of benzene rings is 2. The van der Waals surface area contributed by atoms with Crippen molar-refractivity contribution in [1.29, 1.82) is 0 Å². The van der Waals surface area contributed by atoms with Gasteiger partial charge in [-0.1, -0.05) is 46.3 Å². The van der Waals surface area contributed by atoms with E-state index in [2.05, 4.69) is 35.0 Å². The molecule has 2 aromatic carbocycles. The van der Waals surface area contributed by atoms with Crippen molar-refractivity contribution < 1.29 is 4.39 Å². The number of hydrogen-bond acceptors (Lipinski definition) is 0. The van der Waals surface area contributed by atoms with E-state index in [4.69, 9.17) is 11.6 Å². The molecule has 2 rings (SSSR count). The molecule has 1 unspecified atom stereocenters. The molecule has 0 nitrogen and oxygen atoms in total. The normalized spacial score (nSPS) is 12.4. The maximum atomic E-state index is 13.9. The molecular weight excluding hydrogens is 327 g/mol. The molecule has 0 saturated heterocycles. The average molecular weight is 342 g/mol. The van der Waals surface area contributed by atoms with E-state index in [0.29, 0.717) is 17.9 Å². The Hall–Kier alpha value is -0.860. The molecule has 19 heavy (non-hydrogen) atoms. The van der Waals surface area contributed by atoms with Gasteiger partial charge in [-0.25, -0.2) is 4.39 Å². The van der Waals surface area contributed by atoms with Gasteiger partial charge in [0.1, 0.15) is 5.82 Å². The zero-order valence-electron chi connectivity index (χ0n) is 10.7. The first kappa shape index (κ1) is 14.5. The lowest BCUT2D eigenvalue weighted by Gasteiger charge is -2.17. The van der Waals surface area contributed by atoms with Crippen molar-refractivity contribution in [2.45, 2.75) is 19.3 Å². The quantitative estimate of drug-likeness (QED) is 0.648. The summed E-state index contributed by atoms with van der Waals surface area (Å²) >= 11 is 9.35. The molecule has 2 aromatic rings. The van der Waals surface area contributed by atoms with Crippen LogP contribution < -0.4 is 0 Å². The molecule has 0 N–H and O–H groups in total. The summed E-state index contributed by atoms with van der Waals surface area (Å²) in [5.41, 5.74) is 3.10. The number of hydrogen-bond donors (Lipinski definition) is 0. The van der Waals surface area contributed by atoms with Gasteiger partial charge in [-0.3, -0.25) is 0 Å². The second-order valence-electron chi connectivity index (χ2n) is 4.65. The molecular formula is C16H15BrClF. The predicted molar refractivity (Wildman–Crippen MR) is 82.4 cm³/mol. The van der Waals surface area contributed by atoms with Gasteiger partial charge in [0, 0.05) is 16.3 Å². The van der Waals surface area contributed by atoms with Crippen LogP contribution in [-0.2, 0) is 6.42 Å². The molecule has 0 heterocycles. The Morgan fingerprint density at radius 3 is 2.58 bits per heavy atom. The van der Waals surface area contributed by atoms with Crippen LogP contribution in [0.1, 0.15) is 22.6 Å². The van der Waals surface area contributed by atoms with E-state index in [0.717, 1.165) is 4.47 Å². The van der Waals surface area contributed by atoms with Crippen molar-refractivity contribution >= 4 is 27.5 Å².